The Hall–Kier alpha value is -2.61. The van der Waals surface area contributed by atoms with Crippen LogP contribution in [0.3, 0.4) is 0 Å². The normalized spacial score (nSPS) is 14.5. The third-order valence-corrected chi connectivity index (χ3v) is 3.69. The number of aliphatic carboxylic acids is 2. The van der Waals surface area contributed by atoms with E-state index < -0.39 is 11.9 Å². The summed E-state index contributed by atoms with van der Waals surface area (Å²) in [5.74, 6) is -0.622. The van der Waals surface area contributed by atoms with Gasteiger partial charge in [0.15, 0.2) is 0 Å². The minimum Gasteiger partial charge on any atom is -0.478 e. The number of carbonyl (C=O) groups is 2. The molecule has 1 aliphatic heterocycles. The number of hydrogen-bond donors (Lipinski definition) is 2. The van der Waals surface area contributed by atoms with Gasteiger partial charge in [-0.25, -0.2) is 14.6 Å². The van der Waals surface area contributed by atoms with Gasteiger partial charge in [0.05, 0.1) is 6.61 Å². The SMILES string of the molecule is CCCOc1oc(C2=CCCN(C)C2)nc1CC(C)C.O=C(O)C=CC(=O)O. The predicted octanol–water partition coefficient (Wildman–Crippen LogP) is 3.09. The Bertz CT molecular complexity index is 690. The van der Waals surface area contributed by atoms with Gasteiger partial charge in [-0.1, -0.05) is 26.8 Å². The summed E-state index contributed by atoms with van der Waals surface area (Å²) < 4.78 is 11.6. The molecule has 0 atom stereocenters. The number of oxazole rings is 1. The van der Waals surface area contributed by atoms with Gasteiger partial charge in [0.2, 0.25) is 5.89 Å². The molecule has 0 fully saturated rings. The van der Waals surface area contributed by atoms with E-state index in [2.05, 4.69) is 43.8 Å². The van der Waals surface area contributed by atoms with E-state index in [1.165, 1.54) is 5.57 Å². The molecule has 28 heavy (non-hydrogen) atoms. The molecule has 1 aromatic heterocycles. The summed E-state index contributed by atoms with van der Waals surface area (Å²) in [6, 6.07) is 0. The Morgan fingerprint density at radius 1 is 1.32 bits per heavy atom. The first-order valence-corrected chi connectivity index (χ1v) is 9.37. The van der Waals surface area contributed by atoms with Gasteiger partial charge < -0.3 is 24.3 Å². The van der Waals surface area contributed by atoms with Crippen molar-refractivity contribution in [1.82, 2.24) is 9.88 Å². The van der Waals surface area contributed by atoms with Crippen LogP contribution < -0.4 is 4.74 Å². The molecule has 8 heteroatoms. The first-order valence-electron chi connectivity index (χ1n) is 9.37. The van der Waals surface area contributed by atoms with Gasteiger partial charge in [-0.15, -0.1) is 0 Å². The third-order valence-electron chi connectivity index (χ3n) is 3.69. The Morgan fingerprint density at radius 2 is 1.96 bits per heavy atom. The fourth-order valence-corrected chi connectivity index (χ4v) is 2.49. The minimum atomic E-state index is -1.26. The number of carboxylic acid groups (broad SMARTS) is 2. The largest absolute Gasteiger partial charge is 0.478 e. The lowest BCUT2D eigenvalue weighted by atomic mass is 10.1. The minimum absolute atomic E-state index is 0.542. The molecule has 2 rings (SSSR count). The highest BCUT2D eigenvalue weighted by molar-refractivity contribution is 5.89. The zero-order valence-corrected chi connectivity index (χ0v) is 17.0. The lowest BCUT2D eigenvalue weighted by Crippen LogP contribution is -2.25. The fourth-order valence-electron chi connectivity index (χ4n) is 2.49. The van der Waals surface area contributed by atoms with Gasteiger partial charge in [0, 0.05) is 30.8 Å². The van der Waals surface area contributed by atoms with Crippen LogP contribution in [-0.4, -0.2) is 58.8 Å². The van der Waals surface area contributed by atoms with Gasteiger partial charge in [0.25, 0.3) is 0 Å². The van der Waals surface area contributed by atoms with Crippen molar-refractivity contribution in [2.75, 3.05) is 26.7 Å². The summed E-state index contributed by atoms with van der Waals surface area (Å²) in [6.45, 7) is 9.14. The highest BCUT2D eigenvalue weighted by Crippen LogP contribution is 2.28. The summed E-state index contributed by atoms with van der Waals surface area (Å²) in [5.41, 5.74) is 2.13. The molecule has 0 spiro atoms. The number of ether oxygens (including phenoxy) is 1. The number of aromatic nitrogens is 1. The molecule has 0 aromatic carbocycles. The van der Waals surface area contributed by atoms with Crippen molar-refractivity contribution in [2.45, 2.75) is 40.0 Å². The molecular formula is C20H30N2O6. The first-order chi connectivity index (χ1) is 13.2. The molecule has 8 nitrogen and oxygen atoms in total. The fraction of sp³-hybridized carbons (Fsp3) is 0.550. The number of rotatable bonds is 8. The maximum absolute atomic E-state index is 9.55. The monoisotopic (exact) mass is 394 g/mol. The molecule has 0 saturated carbocycles. The second kappa shape index (κ2) is 12.0. The van der Waals surface area contributed by atoms with Crippen LogP contribution in [-0.2, 0) is 16.0 Å². The van der Waals surface area contributed by atoms with Crippen LogP contribution in [0.25, 0.3) is 5.57 Å². The molecule has 0 radical (unpaired) electrons. The number of nitrogens with zero attached hydrogens (tertiary/aromatic N) is 2. The third kappa shape index (κ3) is 8.85. The molecule has 2 heterocycles. The lowest BCUT2D eigenvalue weighted by molar-refractivity contribution is -0.134. The van der Waals surface area contributed by atoms with Gasteiger partial charge in [-0.2, -0.15) is 0 Å². The van der Waals surface area contributed by atoms with Crippen molar-refractivity contribution in [3.8, 4) is 5.95 Å². The molecule has 1 aromatic rings. The average molecular weight is 394 g/mol. The Morgan fingerprint density at radius 3 is 2.46 bits per heavy atom. The molecule has 0 amide bonds. The highest BCUT2D eigenvalue weighted by atomic mass is 16.6. The molecule has 1 aliphatic rings. The zero-order chi connectivity index (χ0) is 21.1. The van der Waals surface area contributed by atoms with Crippen molar-refractivity contribution in [2.24, 2.45) is 5.92 Å². The summed E-state index contributed by atoms with van der Waals surface area (Å²) in [4.78, 5) is 26.1. The topological polar surface area (TPSA) is 113 Å². The molecule has 0 saturated heterocycles. The summed E-state index contributed by atoms with van der Waals surface area (Å²) in [6.07, 6.45) is 6.27. The van der Waals surface area contributed by atoms with E-state index in [9.17, 15) is 9.59 Å². The Balaban J connectivity index is 0.000000416. The van der Waals surface area contributed by atoms with Crippen molar-refractivity contribution in [3.05, 3.63) is 29.8 Å². The molecular weight excluding hydrogens is 364 g/mol. The van der Waals surface area contributed by atoms with Crippen LogP contribution in [0, 0.1) is 5.92 Å². The molecule has 0 unspecified atom stereocenters. The van der Waals surface area contributed by atoms with E-state index in [-0.39, 0.29) is 0 Å². The zero-order valence-electron chi connectivity index (χ0n) is 17.0. The van der Waals surface area contributed by atoms with Gasteiger partial charge in [-0.3, -0.25) is 0 Å². The summed E-state index contributed by atoms with van der Waals surface area (Å²) in [5, 5.41) is 15.6. The summed E-state index contributed by atoms with van der Waals surface area (Å²) >= 11 is 0. The average Bonchev–Trinajstić information content (AvgIpc) is 3.01. The second-order valence-electron chi connectivity index (χ2n) is 6.97. The van der Waals surface area contributed by atoms with Crippen molar-refractivity contribution < 1.29 is 29.0 Å². The predicted molar refractivity (Wildman–Crippen MR) is 105 cm³/mol. The first kappa shape index (κ1) is 23.4. The van der Waals surface area contributed by atoms with Crippen molar-refractivity contribution in [1.29, 1.82) is 0 Å². The number of carboxylic acids is 2. The molecule has 0 aliphatic carbocycles. The maximum atomic E-state index is 9.55. The van der Waals surface area contributed by atoms with Crippen LogP contribution >= 0.6 is 0 Å². The molecule has 0 bridgehead atoms. The van der Waals surface area contributed by atoms with Crippen LogP contribution in [0.15, 0.2) is 22.6 Å². The number of likely N-dealkylation sites (N-methyl/N-ethyl adjacent to an activating group) is 1. The Labute approximate surface area is 165 Å². The number of hydrogen-bond acceptors (Lipinski definition) is 6. The lowest BCUT2D eigenvalue weighted by Gasteiger charge is -2.20. The van der Waals surface area contributed by atoms with Crippen LogP contribution in [0.5, 0.6) is 5.95 Å². The maximum Gasteiger partial charge on any atom is 0.328 e. The molecule has 2 N–H and O–H groups in total. The smallest absolute Gasteiger partial charge is 0.328 e. The Kier molecular flexibility index (Phi) is 10.0. The van der Waals surface area contributed by atoms with Crippen molar-refractivity contribution in [3.63, 3.8) is 0 Å². The highest BCUT2D eigenvalue weighted by Gasteiger charge is 2.20. The summed E-state index contributed by atoms with van der Waals surface area (Å²) in [7, 11) is 2.12. The molecule has 156 valence electrons. The van der Waals surface area contributed by atoms with Crippen LogP contribution in [0.4, 0.5) is 0 Å². The van der Waals surface area contributed by atoms with Gasteiger partial charge >= 0.3 is 17.9 Å². The van der Waals surface area contributed by atoms with E-state index in [0.29, 0.717) is 30.6 Å². The van der Waals surface area contributed by atoms with Crippen LogP contribution in [0.2, 0.25) is 0 Å². The van der Waals surface area contributed by atoms with E-state index in [1.54, 1.807) is 0 Å². The van der Waals surface area contributed by atoms with E-state index >= 15 is 0 Å². The van der Waals surface area contributed by atoms with Gasteiger partial charge in [-0.05, 0) is 32.2 Å². The quantitative estimate of drug-likeness (QED) is 0.647. The van der Waals surface area contributed by atoms with Crippen molar-refractivity contribution >= 4 is 17.5 Å². The van der Waals surface area contributed by atoms with Gasteiger partial charge in [0.1, 0.15) is 5.69 Å². The standard InChI is InChI=1S/C16H26N2O2.C4H4O4/c1-5-9-19-16-14(10-12(2)3)17-15(20-16)13-7-6-8-18(4)11-13;5-3(6)1-2-4(7)8/h7,12H,5-6,8-11H2,1-4H3;1-2H,(H,5,6)(H,7,8). The van der Waals surface area contributed by atoms with E-state index in [1.807, 2.05) is 0 Å². The van der Waals surface area contributed by atoms with E-state index in [4.69, 9.17) is 19.4 Å². The van der Waals surface area contributed by atoms with Crippen LogP contribution in [0.1, 0.15) is 45.2 Å². The van der Waals surface area contributed by atoms with E-state index in [0.717, 1.165) is 43.9 Å². The second-order valence-corrected chi connectivity index (χ2v) is 6.97.